The molecular formula is C12H22O2. The highest BCUT2D eigenvalue weighted by Gasteiger charge is 2.27. The number of ether oxygens (including phenoxy) is 2. The van der Waals surface area contributed by atoms with Crippen molar-refractivity contribution in [2.75, 3.05) is 13.2 Å². The minimum atomic E-state index is 0.429. The Hall–Kier alpha value is -0.0800. The van der Waals surface area contributed by atoms with Crippen LogP contribution in [0.1, 0.15) is 39.5 Å². The van der Waals surface area contributed by atoms with Gasteiger partial charge in [0, 0.05) is 0 Å². The molecule has 0 amide bonds. The maximum Gasteiger partial charge on any atom is 0.104 e. The predicted octanol–water partition coefficient (Wildman–Crippen LogP) is 2.62. The molecule has 1 saturated carbocycles. The Morgan fingerprint density at radius 1 is 1.21 bits per heavy atom. The third-order valence-electron chi connectivity index (χ3n) is 3.58. The van der Waals surface area contributed by atoms with Crippen LogP contribution >= 0.6 is 0 Å². The van der Waals surface area contributed by atoms with Crippen LogP contribution in [-0.2, 0) is 9.47 Å². The van der Waals surface area contributed by atoms with Gasteiger partial charge in [0.05, 0.1) is 19.3 Å². The van der Waals surface area contributed by atoms with Crippen LogP contribution < -0.4 is 0 Å². The zero-order chi connectivity index (χ0) is 9.97. The molecule has 0 aromatic carbocycles. The highest BCUT2D eigenvalue weighted by molar-refractivity contribution is 4.76. The molecule has 0 aromatic heterocycles. The Labute approximate surface area is 87.0 Å². The molecule has 0 radical (unpaired) electrons. The fraction of sp³-hybridized carbons (Fsp3) is 1.00. The Bertz CT molecular complexity index is 167. The summed E-state index contributed by atoms with van der Waals surface area (Å²) in [6, 6.07) is 0. The summed E-state index contributed by atoms with van der Waals surface area (Å²) in [6.07, 6.45) is 6.18. The van der Waals surface area contributed by atoms with E-state index in [1.54, 1.807) is 0 Å². The van der Waals surface area contributed by atoms with Gasteiger partial charge < -0.3 is 9.47 Å². The van der Waals surface area contributed by atoms with Crippen molar-refractivity contribution in [1.82, 2.24) is 0 Å². The lowest BCUT2D eigenvalue weighted by Gasteiger charge is -2.30. The zero-order valence-corrected chi connectivity index (χ0v) is 9.37. The van der Waals surface area contributed by atoms with E-state index in [-0.39, 0.29) is 0 Å². The van der Waals surface area contributed by atoms with Gasteiger partial charge in [0.15, 0.2) is 0 Å². The number of hydrogen-bond acceptors (Lipinski definition) is 2. The molecule has 1 aliphatic carbocycles. The lowest BCUT2D eigenvalue weighted by atomic mass is 9.80. The van der Waals surface area contributed by atoms with Gasteiger partial charge in [-0.2, -0.15) is 0 Å². The summed E-state index contributed by atoms with van der Waals surface area (Å²) in [5, 5.41) is 0. The number of hydrogen-bond donors (Lipinski definition) is 0. The molecule has 2 heteroatoms. The third-order valence-corrected chi connectivity index (χ3v) is 3.58. The van der Waals surface area contributed by atoms with Crippen LogP contribution in [0.5, 0.6) is 0 Å². The summed E-state index contributed by atoms with van der Waals surface area (Å²) in [5.74, 6) is 1.79. The van der Waals surface area contributed by atoms with Crippen LogP contribution in [0.25, 0.3) is 0 Å². The largest absolute Gasteiger partial charge is 0.375 e. The van der Waals surface area contributed by atoms with E-state index in [1.807, 2.05) is 0 Å². The summed E-state index contributed by atoms with van der Waals surface area (Å²) in [6.45, 7) is 6.42. The molecule has 1 heterocycles. The van der Waals surface area contributed by atoms with Crippen molar-refractivity contribution >= 4 is 0 Å². The second kappa shape index (κ2) is 4.63. The zero-order valence-electron chi connectivity index (χ0n) is 9.37. The molecule has 0 aromatic rings. The molecular weight excluding hydrogens is 176 g/mol. The van der Waals surface area contributed by atoms with E-state index in [9.17, 15) is 0 Å². The second-order valence-electron chi connectivity index (χ2n) is 5.07. The lowest BCUT2D eigenvalue weighted by Crippen LogP contribution is -2.25. The lowest BCUT2D eigenvalue weighted by molar-refractivity contribution is 0.00593. The molecule has 0 N–H and O–H groups in total. The van der Waals surface area contributed by atoms with Crippen LogP contribution in [-0.4, -0.2) is 25.4 Å². The van der Waals surface area contributed by atoms with E-state index >= 15 is 0 Å². The topological polar surface area (TPSA) is 21.8 Å². The number of rotatable bonds is 4. The highest BCUT2D eigenvalue weighted by Crippen LogP contribution is 2.31. The minimum absolute atomic E-state index is 0.429. The molecule has 2 aliphatic rings. The van der Waals surface area contributed by atoms with Crippen molar-refractivity contribution in [3.8, 4) is 0 Å². The molecule has 1 unspecified atom stereocenters. The molecule has 1 atom stereocenters. The fourth-order valence-corrected chi connectivity index (χ4v) is 2.33. The van der Waals surface area contributed by atoms with Crippen molar-refractivity contribution in [3.63, 3.8) is 0 Å². The standard InChI is InChI=1S/C12H22O2/c1-9(2)10-3-5-11(6-4-10)13-7-12-8-14-12/h9-12H,3-8H2,1-2H3. The first-order valence-corrected chi connectivity index (χ1v) is 5.99. The van der Waals surface area contributed by atoms with Crippen LogP contribution in [0.2, 0.25) is 0 Å². The van der Waals surface area contributed by atoms with E-state index in [1.165, 1.54) is 25.7 Å². The molecule has 0 bridgehead atoms. The highest BCUT2D eigenvalue weighted by atomic mass is 16.6. The fourth-order valence-electron chi connectivity index (χ4n) is 2.33. The summed E-state index contributed by atoms with van der Waals surface area (Å²) in [5.41, 5.74) is 0. The first-order chi connectivity index (χ1) is 6.75. The Balaban J connectivity index is 1.62. The van der Waals surface area contributed by atoms with E-state index in [0.29, 0.717) is 12.2 Å². The number of epoxide rings is 1. The van der Waals surface area contributed by atoms with Crippen molar-refractivity contribution in [2.24, 2.45) is 11.8 Å². The van der Waals surface area contributed by atoms with E-state index in [4.69, 9.17) is 9.47 Å². The molecule has 1 aliphatic heterocycles. The van der Waals surface area contributed by atoms with Gasteiger partial charge >= 0.3 is 0 Å². The SMILES string of the molecule is CC(C)C1CCC(OCC2CO2)CC1. The average Bonchev–Trinajstić information content (AvgIpc) is 2.99. The average molecular weight is 198 g/mol. The summed E-state index contributed by atoms with van der Waals surface area (Å²) < 4.78 is 10.9. The van der Waals surface area contributed by atoms with Crippen LogP contribution in [0, 0.1) is 11.8 Å². The van der Waals surface area contributed by atoms with Gasteiger partial charge in [-0.05, 0) is 37.5 Å². The molecule has 2 rings (SSSR count). The maximum atomic E-state index is 5.81. The van der Waals surface area contributed by atoms with Gasteiger partial charge in [0.1, 0.15) is 6.10 Å². The van der Waals surface area contributed by atoms with Crippen molar-refractivity contribution in [3.05, 3.63) is 0 Å². The molecule has 0 spiro atoms. The van der Waals surface area contributed by atoms with Gasteiger partial charge in [0.25, 0.3) is 0 Å². The van der Waals surface area contributed by atoms with E-state index < -0.39 is 0 Å². The van der Waals surface area contributed by atoms with Gasteiger partial charge in [-0.15, -0.1) is 0 Å². The molecule has 2 fully saturated rings. The monoisotopic (exact) mass is 198 g/mol. The van der Waals surface area contributed by atoms with Gasteiger partial charge in [0.2, 0.25) is 0 Å². The first kappa shape index (κ1) is 10.4. The third kappa shape index (κ3) is 2.96. The molecule has 2 nitrogen and oxygen atoms in total. The summed E-state index contributed by atoms with van der Waals surface area (Å²) >= 11 is 0. The quantitative estimate of drug-likeness (QED) is 0.648. The van der Waals surface area contributed by atoms with Crippen LogP contribution in [0.3, 0.4) is 0 Å². The Morgan fingerprint density at radius 3 is 2.36 bits per heavy atom. The second-order valence-corrected chi connectivity index (χ2v) is 5.07. The normalized spacial score (nSPS) is 37.5. The van der Waals surface area contributed by atoms with Gasteiger partial charge in [-0.1, -0.05) is 13.8 Å². The maximum absolute atomic E-state index is 5.81. The minimum Gasteiger partial charge on any atom is -0.375 e. The smallest absolute Gasteiger partial charge is 0.104 e. The van der Waals surface area contributed by atoms with Crippen LogP contribution in [0.15, 0.2) is 0 Å². The first-order valence-electron chi connectivity index (χ1n) is 5.99. The van der Waals surface area contributed by atoms with Crippen molar-refractivity contribution in [1.29, 1.82) is 0 Å². The molecule has 14 heavy (non-hydrogen) atoms. The Morgan fingerprint density at radius 2 is 1.86 bits per heavy atom. The predicted molar refractivity (Wildman–Crippen MR) is 56.3 cm³/mol. The molecule has 82 valence electrons. The van der Waals surface area contributed by atoms with Gasteiger partial charge in [-0.3, -0.25) is 0 Å². The van der Waals surface area contributed by atoms with E-state index in [2.05, 4.69) is 13.8 Å². The summed E-state index contributed by atoms with van der Waals surface area (Å²) in [4.78, 5) is 0. The Kier molecular flexibility index (Phi) is 3.45. The summed E-state index contributed by atoms with van der Waals surface area (Å²) in [7, 11) is 0. The van der Waals surface area contributed by atoms with E-state index in [0.717, 1.165) is 25.0 Å². The van der Waals surface area contributed by atoms with Gasteiger partial charge in [-0.25, -0.2) is 0 Å². The molecule has 1 saturated heterocycles. The van der Waals surface area contributed by atoms with Crippen molar-refractivity contribution in [2.45, 2.75) is 51.7 Å². The van der Waals surface area contributed by atoms with Crippen LogP contribution in [0.4, 0.5) is 0 Å². The van der Waals surface area contributed by atoms with Crippen molar-refractivity contribution < 1.29 is 9.47 Å².